The predicted molar refractivity (Wildman–Crippen MR) is 154 cm³/mol. The number of carbonyl (C=O) groups is 3. The number of rotatable bonds is 12. The van der Waals surface area contributed by atoms with Crippen molar-refractivity contribution in [3.63, 3.8) is 0 Å². The van der Waals surface area contributed by atoms with Crippen LogP contribution >= 0.6 is 22.9 Å². The molecule has 232 valence electrons. The van der Waals surface area contributed by atoms with Gasteiger partial charge in [-0.2, -0.15) is 8.42 Å². The molecule has 1 aromatic carbocycles. The molecule has 2 aliphatic rings. The Bertz CT molecular complexity index is 1540. The van der Waals surface area contributed by atoms with Gasteiger partial charge in [0.15, 0.2) is 10.8 Å². The molecule has 4 atom stereocenters. The quantitative estimate of drug-likeness (QED) is 0.0496. The topological polar surface area (TPSA) is 259 Å². The molecule has 1 aromatic heterocycles. The first-order valence-electron chi connectivity index (χ1n) is 12.6. The molecule has 0 bridgehead atoms. The summed E-state index contributed by atoms with van der Waals surface area (Å²) in [6.45, 7) is 2.35. The number of nitrogens with zero attached hydrogens (tertiary/aromatic N) is 3. The second-order valence-electron chi connectivity index (χ2n) is 9.39. The zero-order valence-corrected chi connectivity index (χ0v) is 24.7. The molecular formula is C23H27ClN8O9S2. The van der Waals surface area contributed by atoms with E-state index in [9.17, 15) is 32.5 Å². The van der Waals surface area contributed by atoms with Gasteiger partial charge in [0.05, 0.1) is 6.04 Å². The Kier molecular flexibility index (Phi) is 9.70. The first-order chi connectivity index (χ1) is 20.3. The van der Waals surface area contributed by atoms with Crippen molar-refractivity contribution < 1.29 is 42.0 Å². The number of thiazole rings is 1. The van der Waals surface area contributed by atoms with Crippen LogP contribution in [0, 0.1) is 5.41 Å². The van der Waals surface area contributed by atoms with Crippen LogP contribution in [0.1, 0.15) is 24.6 Å². The summed E-state index contributed by atoms with van der Waals surface area (Å²) in [5.74, 6) is -3.22. The van der Waals surface area contributed by atoms with Crippen molar-refractivity contribution in [3.05, 3.63) is 39.9 Å². The van der Waals surface area contributed by atoms with Gasteiger partial charge in [-0.15, -0.1) is 0 Å². The van der Waals surface area contributed by atoms with E-state index in [4.69, 9.17) is 32.3 Å². The van der Waals surface area contributed by atoms with Crippen molar-refractivity contribution in [2.45, 2.75) is 37.6 Å². The average molecular weight is 659 g/mol. The van der Waals surface area contributed by atoms with Crippen molar-refractivity contribution in [2.24, 2.45) is 5.16 Å². The largest absolute Gasteiger partial charge is 0.489 e. The number of ether oxygens (including phenoxy) is 1. The van der Waals surface area contributed by atoms with E-state index in [1.807, 2.05) is 0 Å². The van der Waals surface area contributed by atoms with Crippen LogP contribution in [0.3, 0.4) is 0 Å². The number of carbonyl (C=O) groups excluding carboxylic acids is 2. The number of carboxylic acid groups (broad SMARTS) is 1. The highest BCUT2D eigenvalue weighted by Gasteiger charge is 2.51. The number of amides is 2. The third-order valence-corrected chi connectivity index (χ3v) is 8.51. The lowest BCUT2D eigenvalue weighted by atomic mass is 10.0. The maximum atomic E-state index is 13.1. The van der Waals surface area contributed by atoms with Crippen LogP contribution in [0.4, 0.5) is 5.13 Å². The van der Waals surface area contributed by atoms with E-state index >= 15 is 0 Å². The molecule has 2 aliphatic heterocycles. The monoisotopic (exact) mass is 658 g/mol. The smallest absolute Gasteiger partial charge is 0.362 e. The maximum absolute atomic E-state index is 13.1. The minimum absolute atomic E-state index is 0.0594. The van der Waals surface area contributed by atoms with Gasteiger partial charge in [0.2, 0.25) is 0 Å². The molecule has 0 unspecified atom stereocenters. The lowest BCUT2D eigenvalue weighted by Crippen LogP contribution is -2.71. The average Bonchev–Trinajstić information content (AvgIpc) is 3.57. The van der Waals surface area contributed by atoms with E-state index in [-0.39, 0.29) is 37.1 Å². The van der Waals surface area contributed by atoms with Gasteiger partial charge in [0, 0.05) is 18.2 Å². The Balaban J connectivity index is 1.44. The summed E-state index contributed by atoms with van der Waals surface area (Å²) in [6.07, 6.45) is -0.829. The number of benzene rings is 1. The molecule has 8 N–H and O–H groups in total. The summed E-state index contributed by atoms with van der Waals surface area (Å²) in [5.41, 5.74) is 5.33. The highest BCUT2D eigenvalue weighted by Crippen LogP contribution is 2.28. The van der Waals surface area contributed by atoms with Gasteiger partial charge in [-0.05, 0) is 44.2 Å². The number of nitrogens with one attached hydrogen (secondary N) is 4. The molecule has 3 heterocycles. The second kappa shape index (κ2) is 13.1. The van der Waals surface area contributed by atoms with Crippen molar-refractivity contribution in [1.29, 1.82) is 5.41 Å². The molecule has 43 heavy (non-hydrogen) atoms. The Morgan fingerprint density at radius 3 is 2.58 bits per heavy atom. The highest BCUT2D eigenvalue weighted by atomic mass is 35.5. The molecule has 0 radical (unpaired) electrons. The normalized spacial score (nSPS) is 21.1. The van der Waals surface area contributed by atoms with Gasteiger partial charge in [0.1, 0.15) is 34.3 Å². The van der Waals surface area contributed by atoms with E-state index < -0.39 is 58.6 Å². The van der Waals surface area contributed by atoms with Crippen LogP contribution in [-0.2, 0) is 29.5 Å². The molecule has 2 aromatic rings. The van der Waals surface area contributed by atoms with Crippen LogP contribution in [0.25, 0.3) is 0 Å². The first kappa shape index (κ1) is 31.9. The molecule has 2 fully saturated rings. The molecular weight excluding hydrogens is 632 g/mol. The van der Waals surface area contributed by atoms with Gasteiger partial charge in [0.25, 0.3) is 17.9 Å². The van der Waals surface area contributed by atoms with Gasteiger partial charge in [-0.3, -0.25) is 19.6 Å². The van der Waals surface area contributed by atoms with Crippen molar-refractivity contribution >= 4 is 67.7 Å². The van der Waals surface area contributed by atoms with Gasteiger partial charge in [-0.25, -0.2) is 14.1 Å². The van der Waals surface area contributed by atoms with Gasteiger partial charge >= 0.3 is 16.3 Å². The van der Waals surface area contributed by atoms with E-state index in [1.165, 1.54) is 6.92 Å². The molecule has 4 rings (SSSR count). The molecule has 0 saturated carbocycles. The minimum atomic E-state index is -4.85. The highest BCUT2D eigenvalue weighted by molar-refractivity contribution is 7.84. The number of halogens is 1. The minimum Gasteiger partial charge on any atom is -0.489 e. The third-order valence-electron chi connectivity index (χ3n) is 6.41. The fourth-order valence-corrected chi connectivity index (χ4v) is 6.00. The van der Waals surface area contributed by atoms with Crippen LogP contribution in [-0.4, -0.2) is 101 Å². The number of aromatic nitrogens is 1. The number of aliphatic carboxylic acids is 1. The standard InChI is InChI=1S/C23H27ClN8O9S2/c1-10-15(21(34)32(10)43(37,38)39)29-20(33)17(16-18(24)42-23(26)30-16)31-41-14(22(35)36)9-40-13-4-2-11(3-5-13)19(25)28-12-6-7-27-8-12/h2-5,10,12,14-15,27H,6-9H2,1H3,(H2,25,28)(H2,26,30)(H,29,33)(H,35,36)(H,37,38,39)/b31-17-/t10-,12+,14-,15-/m0/s1. The van der Waals surface area contributed by atoms with Crippen LogP contribution < -0.4 is 26.4 Å². The number of amidine groups is 1. The van der Waals surface area contributed by atoms with E-state index in [2.05, 4.69) is 26.1 Å². The zero-order chi connectivity index (χ0) is 31.5. The van der Waals surface area contributed by atoms with E-state index in [0.717, 1.165) is 30.8 Å². The second-order valence-corrected chi connectivity index (χ2v) is 12.3. The zero-order valence-electron chi connectivity index (χ0n) is 22.3. The first-order valence-corrected chi connectivity index (χ1v) is 15.1. The number of hydrogen-bond donors (Lipinski definition) is 7. The number of carboxylic acids is 1. The fourth-order valence-electron chi connectivity index (χ4n) is 4.19. The predicted octanol–water partition coefficient (Wildman–Crippen LogP) is -0.573. The Morgan fingerprint density at radius 2 is 2.05 bits per heavy atom. The Labute approximate surface area is 253 Å². The van der Waals surface area contributed by atoms with Gasteiger partial charge < -0.3 is 36.4 Å². The van der Waals surface area contributed by atoms with Crippen LogP contribution in [0.15, 0.2) is 29.4 Å². The fraction of sp³-hybridized carbons (Fsp3) is 0.391. The summed E-state index contributed by atoms with van der Waals surface area (Å²) in [6, 6.07) is 3.99. The summed E-state index contributed by atoms with van der Waals surface area (Å²) in [5, 5.41) is 30.0. The summed E-state index contributed by atoms with van der Waals surface area (Å²) >= 11 is 6.90. The van der Waals surface area contributed by atoms with Crippen molar-refractivity contribution in [3.8, 4) is 5.75 Å². The lowest BCUT2D eigenvalue weighted by molar-refractivity contribution is -0.152. The molecule has 2 amide bonds. The number of nitrogen functional groups attached to an aromatic ring is 1. The number of anilines is 1. The lowest BCUT2D eigenvalue weighted by Gasteiger charge is -2.42. The van der Waals surface area contributed by atoms with Crippen molar-refractivity contribution in [1.82, 2.24) is 25.2 Å². The maximum Gasteiger partial charge on any atom is 0.362 e. The molecule has 0 spiro atoms. The SMILES string of the molecule is C[C@H]1[C@H](NC(=O)/C(=N\O[C@@H](COc2ccc(C(=N)N[C@@H]3CCNC3)cc2)C(=O)O)c2nc(N)sc2Cl)C(=O)N1S(=O)(=O)O. The molecule has 17 nitrogen and oxygen atoms in total. The number of hydrogen-bond acceptors (Lipinski definition) is 13. The molecule has 20 heteroatoms. The van der Waals surface area contributed by atoms with E-state index in [1.54, 1.807) is 24.3 Å². The molecule has 2 saturated heterocycles. The summed E-state index contributed by atoms with van der Waals surface area (Å²) in [7, 11) is -4.85. The summed E-state index contributed by atoms with van der Waals surface area (Å²) < 4.78 is 37.5. The van der Waals surface area contributed by atoms with E-state index in [0.29, 0.717) is 5.56 Å². The Morgan fingerprint density at radius 1 is 1.35 bits per heavy atom. The number of oxime groups is 1. The van der Waals surface area contributed by atoms with Gasteiger partial charge in [-0.1, -0.05) is 28.1 Å². The summed E-state index contributed by atoms with van der Waals surface area (Å²) in [4.78, 5) is 46.2. The third kappa shape index (κ3) is 7.49. The number of β-lactam (4-membered cyclic amide) rings is 1. The Hall–Kier alpha value is -4.04. The number of nitrogens with two attached hydrogens (primary N) is 1. The molecule has 0 aliphatic carbocycles. The van der Waals surface area contributed by atoms with Crippen molar-refractivity contribution in [2.75, 3.05) is 25.4 Å². The van der Waals surface area contributed by atoms with Crippen LogP contribution in [0.5, 0.6) is 5.75 Å². The van der Waals surface area contributed by atoms with Crippen LogP contribution in [0.2, 0.25) is 4.34 Å².